The lowest BCUT2D eigenvalue weighted by Gasteiger charge is -2.15. The maximum absolute atomic E-state index is 13.4. The van der Waals surface area contributed by atoms with E-state index in [0.717, 1.165) is 0 Å². The van der Waals surface area contributed by atoms with Gasteiger partial charge < -0.3 is 10.2 Å². The number of rotatable bonds is 5. The molecule has 0 aliphatic rings. The highest BCUT2D eigenvalue weighted by Crippen LogP contribution is 2.14. The average molecular weight is 313 g/mol. The third-order valence-corrected chi connectivity index (χ3v) is 3.27. The highest BCUT2D eigenvalue weighted by Gasteiger charge is 2.10. The van der Waals surface area contributed by atoms with Gasteiger partial charge in [-0.25, -0.2) is 4.39 Å². The first kappa shape index (κ1) is 16.4. The lowest BCUT2D eigenvalue weighted by molar-refractivity contribution is -0.113. The zero-order valence-electron chi connectivity index (χ0n) is 12.6. The van der Waals surface area contributed by atoms with Crippen LogP contribution in [0.4, 0.5) is 10.1 Å². The van der Waals surface area contributed by atoms with E-state index in [1.807, 2.05) is 0 Å². The molecule has 6 heteroatoms. The summed E-state index contributed by atoms with van der Waals surface area (Å²) in [5.74, 6) is -1.06. The molecular formula is C17H16FN3O2. The number of benzene rings is 1. The maximum atomic E-state index is 13.4. The Morgan fingerprint density at radius 1 is 1.30 bits per heavy atom. The van der Waals surface area contributed by atoms with Gasteiger partial charge in [0.05, 0.1) is 12.2 Å². The van der Waals surface area contributed by atoms with E-state index >= 15 is 0 Å². The third-order valence-electron chi connectivity index (χ3n) is 3.27. The largest absolute Gasteiger partial charge is 0.346 e. The van der Waals surface area contributed by atoms with E-state index in [4.69, 9.17) is 0 Å². The SMILES string of the molecule is C=CC(=O)N(C)c1ccc(C(=O)NCc2ncccc2F)cc1. The van der Waals surface area contributed by atoms with Crippen molar-refractivity contribution in [3.05, 3.63) is 72.3 Å². The van der Waals surface area contributed by atoms with Gasteiger partial charge in [-0.15, -0.1) is 0 Å². The van der Waals surface area contributed by atoms with Gasteiger partial charge in [-0.2, -0.15) is 0 Å². The molecule has 1 aromatic carbocycles. The topological polar surface area (TPSA) is 62.3 Å². The molecule has 0 fully saturated rings. The van der Waals surface area contributed by atoms with E-state index < -0.39 is 5.82 Å². The van der Waals surface area contributed by atoms with E-state index in [-0.39, 0.29) is 24.1 Å². The first-order valence-electron chi connectivity index (χ1n) is 6.90. The van der Waals surface area contributed by atoms with Crippen LogP contribution in [-0.4, -0.2) is 23.8 Å². The third kappa shape index (κ3) is 4.00. The van der Waals surface area contributed by atoms with Gasteiger partial charge in [0.2, 0.25) is 5.91 Å². The van der Waals surface area contributed by atoms with E-state index in [1.165, 1.54) is 29.3 Å². The van der Waals surface area contributed by atoms with Crippen molar-refractivity contribution in [2.75, 3.05) is 11.9 Å². The van der Waals surface area contributed by atoms with Crippen LogP contribution in [0.5, 0.6) is 0 Å². The number of hydrogen-bond acceptors (Lipinski definition) is 3. The second kappa shape index (κ2) is 7.31. The maximum Gasteiger partial charge on any atom is 0.251 e. The second-order valence-corrected chi connectivity index (χ2v) is 4.76. The van der Waals surface area contributed by atoms with Crippen LogP contribution in [-0.2, 0) is 11.3 Å². The van der Waals surface area contributed by atoms with Gasteiger partial charge in [0.25, 0.3) is 5.91 Å². The molecule has 2 amide bonds. The molecule has 0 aliphatic heterocycles. The minimum atomic E-state index is -0.465. The van der Waals surface area contributed by atoms with Gasteiger partial charge in [-0.1, -0.05) is 6.58 Å². The van der Waals surface area contributed by atoms with E-state index in [1.54, 1.807) is 31.3 Å². The van der Waals surface area contributed by atoms with Gasteiger partial charge in [0, 0.05) is 24.5 Å². The Morgan fingerprint density at radius 3 is 2.61 bits per heavy atom. The summed E-state index contributed by atoms with van der Waals surface area (Å²) in [4.78, 5) is 28.8. The molecule has 118 valence electrons. The van der Waals surface area contributed by atoms with Crippen LogP contribution in [0.1, 0.15) is 16.1 Å². The van der Waals surface area contributed by atoms with Crippen molar-refractivity contribution in [1.29, 1.82) is 0 Å². The fourth-order valence-electron chi connectivity index (χ4n) is 1.92. The molecular weight excluding hydrogens is 297 g/mol. The van der Waals surface area contributed by atoms with E-state index in [9.17, 15) is 14.0 Å². The summed E-state index contributed by atoms with van der Waals surface area (Å²) in [7, 11) is 1.61. The minimum Gasteiger partial charge on any atom is -0.346 e. The summed E-state index contributed by atoms with van der Waals surface area (Å²) < 4.78 is 13.4. The van der Waals surface area contributed by atoms with Crippen molar-refractivity contribution in [3.63, 3.8) is 0 Å². The zero-order chi connectivity index (χ0) is 16.8. The number of amides is 2. The molecule has 23 heavy (non-hydrogen) atoms. The molecule has 0 atom stereocenters. The summed E-state index contributed by atoms with van der Waals surface area (Å²) in [6, 6.07) is 9.25. The first-order valence-corrected chi connectivity index (χ1v) is 6.90. The highest BCUT2D eigenvalue weighted by atomic mass is 19.1. The predicted molar refractivity (Wildman–Crippen MR) is 85.4 cm³/mol. The summed E-state index contributed by atoms with van der Waals surface area (Å²) in [6.45, 7) is 3.42. The number of carbonyl (C=O) groups excluding carboxylic acids is 2. The Kier molecular flexibility index (Phi) is 5.19. The number of nitrogens with zero attached hydrogens (tertiary/aromatic N) is 2. The minimum absolute atomic E-state index is 0.00209. The molecule has 0 spiro atoms. The van der Waals surface area contributed by atoms with Crippen LogP contribution >= 0.6 is 0 Å². The standard InChI is InChI=1S/C17H16FN3O2/c1-3-16(22)21(2)13-8-6-12(7-9-13)17(23)20-11-15-14(18)5-4-10-19-15/h3-10H,1,11H2,2H3,(H,20,23). The van der Waals surface area contributed by atoms with Crippen LogP contribution in [0.2, 0.25) is 0 Å². The molecule has 0 radical (unpaired) electrons. The molecule has 5 nitrogen and oxygen atoms in total. The number of carbonyl (C=O) groups is 2. The lowest BCUT2D eigenvalue weighted by Crippen LogP contribution is -2.25. The molecule has 0 unspecified atom stereocenters. The summed E-state index contributed by atoms with van der Waals surface area (Å²) in [5.41, 5.74) is 1.22. The van der Waals surface area contributed by atoms with Gasteiger partial charge in [0.15, 0.2) is 0 Å². The van der Waals surface area contributed by atoms with Crippen LogP contribution in [0.15, 0.2) is 55.3 Å². The Labute approximate surface area is 133 Å². The summed E-state index contributed by atoms with van der Waals surface area (Å²) >= 11 is 0. The number of anilines is 1. The fraction of sp³-hybridized carbons (Fsp3) is 0.118. The Morgan fingerprint density at radius 2 is 2.00 bits per heavy atom. The average Bonchev–Trinajstić information content (AvgIpc) is 2.59. The van der Waals surface area contributed by atoms with Crippen LogP contribution in [0.25, 0.3) is 0 Å². The van der Waals surface area contributed by atoms with Crippen LogP contribution in [0, 0.1) is 5.82 Å². The smallest absolute Gasteiger partial charge is 0.251 e. The highest BCUT2D eigenvalue weighted by molar-refractivity contribution is 6.01. The fourth-order valence-corrected chi connectivity index (χ4v) is 1.92. The van der Waals surface area contributed by atoms with E-state index in [2.05, 4.69) is 16.9 Å². The second-order valence-electron chi connectivity index (χ2n) is 4.76. The Balaban J connectivity index is 2.02. The van der Waals surface area contributed by atoms with Gasteiger partial charge in [-0.3, -0.25) is 14.6 Å². The number of hydrogen-bond donors (Lipinski definition) is 1. The number of halogens is 1. The van der Waals surface area contributed by atoms with Crippen molar-refractivity contribution in [1.82, 2.24) is 10.3 Å². The molecule has 0 bridgehead atoms. The molecule has 2 aromatic rings. The predicted octanol–water partition coefficient (Wildman–Crippen LogP) is 2.30. The zero-order valence-corrected chi connectivity index (χ0v) is 12.6. The monoisotopic (exact) mass is 313 g/mol. The van der Waals surface area contributed by atoms with Gasteiger partial charge >= 0.3 is 0 Å². The summed E-state index contributed by atoms with van der Waals surface area (Å²) in [5, 5.41) is 2.60. The molecule has 0 aliphatic carbocycles. The first-order chi connectivity index (χ1) is 11.0. The number of aromatic nitrogens is 1. The molecule has 0 saturated carbocycles. The van der Waals surface area contributed by atoms with Gasteiger partial charge in [-0.05, 0) is 42.5 Å². The molecule has 0 saturated heterocycles. The number of nitrogens with one attached hydrogen (secondary N) is 1. The molecule has 1 heterocycles. The Hall–Kier alpha value is -3.02. The number of likely N-dealkylation sites (N-methyl/N-ethyl adjacent to an activating group) is 1. The lowest BCUT2D eigenvalue weighted by atomic mass is 10.2. The van der Waals surface area contributed by atoms with Crippen LogP contribution in [0.3, 0.4) is 0 Å². The van der Waals surface area contributed by atoms with Crippen molar-refractivity contribution in [2.24, 2.45) is 0 Å². The molecule has 2 rings (SSSR count). The van der Waals surface area contributed by atoms with Crippen molar-refractivity contribution in [3.8, 4) is 0 Å². The van der Waals surface area contributed by atoms with Crippen molar-refractivity contribution < 1.29 is 14.0 Å². The quantitative estimate of drug-likeness (QED) is 0.862. The normalized spacial score (nSPS) is 10.0. The summed E-state index contributed by atoms with van der Waals surface area (Å²) in [6.07, 6.45) is 2.67. The van der Waals surface area contributed by atoms with E-state index in [0.29, 0.717) is 11.3 Å². The molecule has 1 aromatic heterocycles. The number of pyridine rings is 1. The molecule has 1 N–H and O–H groups in total. The van der Waals surface area contributed by atoms with Crippen molar-refractivity contribution >= 4 is 17.5 Å². The van der Waals surface area contributed by atoms with Crippen molar-refractivity contribution in [2.45, 2.75) is 6.54 Å². The Bertz CT molecular complexity index is 729. The van der Waals surface area contributed by atoms with Gasteiger partial charge in [0.1, 0.15) is 5.82 Å². The van der Waals surface area contributed by atoms with Crippen LogP contribution < -0.4 is 10.2 Å².